The molecule has 100 valence electrons. The van der Waals surface area contributed by atoms with E-state index in [2.05, 4.69) is 15.4 Å². The van der Waals surface area contributed by atoms with E-state index in [1.165, 1.54) is 18.3 Å². The van der Waals surface area contributed by atoms with Crippen molar-refractivity contribution in [3.05, 3.63) is 46.8 Å². The second-order valence-corrected chi connectivity index (χ2v) is 4.30. The molecule has 19 heavy (non-hydrogen) atoms. The van der Waals surface area contributed by atoms with Gasteiger partial charge in [0.25, 0.3) is 5.91 Å². The molecule has 2 rings (SSSR count). The van der Waals surface area contributed by atoms with Crippen LogP contribution < -0.4 is 5.32 Å². The van der Waals surface area contributed by atoms with Crippen LogP contribution in [0.4, 0.5) is 4.39 Å². The third kappa shape index (κ3) is 2.62. The minimum Gasteiger partial charge on any atom is -0.348 e. The summed E-state index contributed by atoms with van der Waals surface area (Å²) in [6, 6.07) is 2.93. The van der Waals surface area contributed by atoms with Crippen molar-refractivity contribution in [2.24, 2.45) is 7.05 Å². The molecule has 5 nitrogen and oxygen atoms in total. The van der Waals surface area contributed by atoms with Gasteiger partial charge < -0.3 is 5.32 Å². The van der Waals surface area contributed by atoms with Crippen molar-refractivity contribution in [3.63, 3.8) is 0 Å². The van der Waals surface area contributed by atoms with Crippen LogP contribution in [-0.2, 0) is 13.6 Å². The molecule has 0 bridgehead atoms. The number of carbonyl (C=O) groups excluding carboxylic acids is 1. The maximum atomic E-state index is 13.3. The first-order valence-corrected chi connectivity index (χ1v) is 5.88. The van der Waals surface area contributed by atoms with Crippen LogP contribution in [-0.4, -0.2) is 20.7 Å². The normalized spacial score (nSPS) is 10.5. The highest BCUT2D eigenvalue weighted by molar-refractivity contribution is 5.94. The zero-order valence-electron chi connectivity index (χ0n) is 11.1. The van der Waals surface area contributed by atoms with Gasteiger partial charge in [-0.15, -0.1) is 0 Å². The van der Waals surface area contributed by atoms with Crippen molar-refractivity contribution in [2.45, 2.75) is 20.4 Å². The van der Waals surface area contributed by atoms with Crippen molar-refractivity contribution in [1.29, 1.82) is 0 Å². The van der Waals surface area contributed by atoms with Crippen molar-refractivity contribution < 1.29 is 9.18 Å². The van der Waals surface area contributed by atoms with Gasteiger partial charge in [0.15, 0.2) is 0 Å². The van der Waals surface area contributed by atoms with Crippen molar-refractivity contribution in [2.75, 3.05) is 0 Å². The fourth-order valence-corrected chi connectivity index (χ4v) is 1.89. The number of nitrogens with zero attached hydrogens (tertiary/aromatic N) is 3. The lowest BCUT2D eigenvalue weighted by Crippen LogP contribution is -2.24. The van der Waals surface area contributed by atoms with Gasteiger partial charge in [-0.05, 0) is 26.0 Å². The molecule has 0 fully saturated rings. The smallest absolute Gasteiger partial charge is 0.256 e. The number of nitrogens with one attached hydrogen (secondary N) is 1. The number of hydrogen-bond donors (Lipinski definition) is 1. The van der Waals surface area contributed by atoms with Crippen LogP contribution in [0.25, 0.3) is 0 Å². The summed E-state index contributed by atoms with van der Waals surface area (Å²) < 4.78 is 15.1. The zero-order chi connectivity index (χ0) is 14.0. The summed E-state index contributed by atoms with van der Waals surface area (Å²) in [7, 11) is 1.84. The third-order valence-electron chi connectivity index (χ3n) is 3.09. The molecule has 1 N–H and O–H groups in total. The molecule has 0 unspecified atom stereocenters. The van der Waals surface area contributed by atoms with E-state index in [9.17, 15) is 9.18 Å². The van der Waals surface area contributed by atoms with Crippen LogP contribution in [0.15, 0.2) is 18.3 Å². The molecule has 0 spiro atoms. The fraction of sp³-hybridized carbons (Fsp3) is 0.308. The summed E-state index contributed by atoms with van der Waals surface area (Å²) in [5.74, 6) is -1.24. The van der Waals surface area contributed by atoms with E-state index in [0.717, 1.165) is 17.0 Å². The van der Waals surface area contributed by atoms with E-state index in [1.807, 2.05) is 20.9 Å². The lowest BCUT2D eigenvalue weighted by Gasteiger charge is -2.06. The summed E-state index contributed by atoms with van der Waals surface area (Å²) in [6.07, 6.45) is 1.31. The van der Waals surface area contributed by atoms with Crippen molar-refractivity contribution in [3.8, 4) is 0 Å². The molecule has 0 aliphatic carbocycles. The molecule has 2 aromatic rings. The Labute approximate surface area is 110 Å². The monoisotopic (exact) mass is 262 g/mol. The van der Waals surface area contributed by atoms with Gasteiger partial charge in [0.2, 0.25) is 5.95 Å². The van der Waals surface area contributed by atoms with Gasteiger partial charge in [0.1, 0.15) is 0 Å². The molecule has 6 heteroatoms. The summed E-state index contributed by atoms with van der Waals surface area (Å²) in [6.45, 7) is 4.12. The highest BCUT2D eigenvalue weighted by Crippen LogP contribution is 2.12. The molecular weight excluding hydrogens is 247 g/mol. The molecule has 0 aliphatic heterocycles. The van der Waals surface area contributed by atoms with E-state index in [0.29, 0.717) is 6.54 Å². The summed E-state index contributed by atoms with van der Waals surface area (Å²) >= 11 is 0. The van der Waals surface area contributed by atoms with Crippen LogP contribution in [0.3, 0.4) is 0 Å². The SMILES string of the molecule is Cc1nn(C)c(C)c1CNC(=O)c1cccnc1F. The Bertz CT molecular complexity index is 621. The minimum absolute atomic E-state index is 0.0540. The van der Waals surface area contributed by atoms with E-state index in [-0.39, 0.29) is 5.56 Å². The number of rotatable bonds is 3. The number of amides is 1. The maximum Gasteiger partial charge on any atom is 0.256 e. The van der Waals surface area contributed by atoms with Gasteiger partial charge in [-0.2, -0.15) is 9.49 Å². The van der Waals surface area contributed by atoms with Crippen molar-refractivity contribution >= 4 is 5.91 Å². The Balaban J connectivity index is 2.11. The molecular formula is C13H15FN4O. The predicted molar refractivity (Wildman–Crippen MR) is 68.0 cm³/mol. The quantitative estimate of drug-likeness (QED) is 0.853. The third-order valence-corrected chi connectivity index (χ3v) is 3.09. The van der Waals surface area contributed by atoms with E-state index in [1.54, 1.807) is 4.68 Å². The Morgan fingerprint density at radius 3 is 2.79 bits per heavy atom. The zero-order valence-corrected chi connectivity index (χ0v) is 11.1. The van der Waals surface area contributed by atoms with Crippen LogP contribution in [0.2, 0.25) is 0 Å². The Hall–Kier alpha value is -2.24. The Morgan fingerprint density at radius 1 is 1.47 bits per heavy atom. The summed E-state index contributed by atoms with van der Waals surface area (Å²) in [5, 5.41) is 6.94. The average Bonchev–Trinajstić information content (AvgIpc) is 2.61. The van der Waals surface area contributed by atoms with Crippen LogP contribution >= 0.6 is 0 Å². The first-order valence-electron chi connectivity index (χ1n) is 5.88. The van der Waals surface area contributed by atoms with Crippen LogP contribution in [0.1, 0.15) is 27.3 Å². The molecule has 0 atom stereocenters. The first kappa shape index (κ1) is 13.2. The van der Waals surface area contributed by atoms with Gasteiger partial charge in [0.05, 0.1) is 11.3 Å². The number of pyridine rings is 1. The fourth-order valence-electron chi connectivity index (χ4n) is 1.89. The summed E-state index contributed by atoms with van der Waals surface area (Å²) in [4.78, 5) is 15.3. The molecule has 2 aromatic heterocycles. The second kappa shape index (κ2) is 5.17. The maximum absolute atomic E-state index is 13.3. The molecule has 1 amide bonds. The molecule has 0 saturated carbocycles. The minimum atomic E-state index is -0.764. The highest BCUT2D eigenvalue weighted by atomic mass is 19.1. The predicted octanol–water partition coefficient (Wildman–Crippen LogP) is 1.50. The number of aromatic nitrogens is 3. The molecule has 2 heterocycles. The van der Waals surface area contributed by atoms with Gasteiger partial charge in [-0.3, -0.25) is 9.48 Å². The molecule has 0 aliphatic rings. The first-order chi connectivity index (χ1) is 9.00. The topological polar surface area (TPSA) is 59.8 Å². The number of aryl methyl sites for hydroxylation is 2. The Morgan fingerprint density at radius 2 is 2.21 bits per heavy atom. The molecule has 0 aromatic carbocycles. The summed E-state index contributed by atoms with van der Waals surface area (Å²) in [5.41, 5.74) is 2.72. The highest BCUT2D eigenvalue weighted by Gasteiger charge is 2.14. The number of halogens is 1. The number of carbonyl (C=O) groups is 1. The van der Waals surface area contributed by atoms with Gasteiger partial charge >= 0.3 is 0 Å². The standard InChI is InChI=1S/C13H15FN4O/c1-8-11(9(2)18(3)17-8)7-16-13(19)10-5-4-6-15-12(10)14/h4-6H,7H2,1-3H3,(H,16,19). The van der Waals surface area contributed by atoms with Crippen LogP contribution in [0.5, 0.6) is 0 Å². The number of hydrogen-bond acceptors (Lipinski definition) is 3. The second-order valence-electron chi connectivity index (χ2n) is 4.30. The molecule has 0 radical (unpaired) electrons. The lowest BCUT2D eigenvalue weighted by molar-refractivity contribution is 0.0946. The van der Waals surface area contributed by atoms with Crippen LogP contribution in [0, 0.1) is 19.8 Å². The average molecular weight is 262 g/mol. The Kier molecular flexibility index (Phi) is 3.59. The molecule has 0 saturated heterocycles. The van der Waals surface area contributed by atoms with Gasteiger partial charge in [-0.25, -0.2) is 4.98 Å². The van der Waals surface area contributed by atoms with Gasteiger partial charge in [-0.1, -0.05) is 0 Å². The van der Waals surface area contributed by atoms with E-state index in [4.69, 9.17) is 0 Å². The van der Waals surface area contributed by atoms with E-state index < -0.39 is 11.9 Å². The van der Waals surface area contributed by atoms with Gasteiger partial charge in [0, 0.05) is 31.0 Å². The van der Waals surface area contributed by atoms with E-state index >= 15 is 0 Å². The largest absolute Gasteiger partial charge is 0.348 e. The lowest BCUT2D eigenvalue weighted by atomic mass is 10.2. The van der Waals surface area contributed by atoms with Crippen molar-refractivity contribution in [1.82, 2.24) is 20.1 Å².